The Morgan fingerprint density at radius 1 is 1.15 bits per heavy atom. The van der Waals surface area contributed by atoms with Crippen LogP contribution in [0.15, 0.2) is 42.5 Å². The van der Waals surface area contributed by atoms with Gasteiger partial charge in [-0.2, -0.15) is 0 Å². The van der Waals surface area contributed by atoms with Gasteiger partial charge in [-0.25, -0.2) is 0 Å². The van der Waals surface area contributed by atoms with Crippen LogP contribution < -0.4 is 10.5 Å². The molecule has 0 fully saturated rings. The van der Waals surface area contributed by atoms with Gasteiger partial charge in [0.1, 0.15) is 5.75 Å². The minimum atomic E-state index is 0.485. The summed E-state index contributed by atoms with van der Waals surface area (Å²) >= 11 is 0. The van der Waals surface area contributed by atoms with Crippen LogP contribution in [0.25, 0.3) is 0 Å². The molecule has 1 aliphatic carbocycles. The Kier molecular flexibility index (Phi) is 3.64. The lowest BCUT2D eigenvalue weighted by atomic mass is 9.83. The molecule has 0 saturated carbocycles. The molecule has 2 N–H and O–H groups in total. The Labute approximate surface area is 120 Å². The standard InChI is InChI=1S/C18H21NO/c1-13-6-4-11-17(19)18(13)20-12-15-9-5-8-14-7-2-3-10-16(14)15/h2-4,6-7,10-11,15H,5,8-9,12,19H2,1H3. The molecule has 0 spiro atoms. The van der Waals surface area contributed by atoms with Gasteiger partial charge in [-0.3, -0.25) is 0 Å². The summed E-state index contributed by atoms with van der Waals surface area (Å²) in [5.41, 5.74) is 10.8. The summed E-state index contributed by atoms with van der Waals surface area (Å²) in [5, 5.41) is 0. The highest BCUT2D eigenvalue weighted by Gasteiger charge is 2.20. The second kappa shape index (κ2) is 5.58. The fourth-order valence-electron chi connectivity index (χ4n) is 3.08. The summed E-state index contributed by atoms with van der Waals surface area (Å²) in [4.78, 5) is 0. The van der Waals surface area contributed by atoms with E-state index in [0.717, 1.165) is 17.0 Å². The maximum absolute atomic E-state index is 6.04. The van der Waals surface area contributed by atoms with Crippen molar-refractivity contribution in [2.24, 2.45) is 0 Å². The van der Waals surface area contributed by atoms with E-state index < -0.39 is 0 Å². The molecule has 2 aromatic carbocycles. The van der Waals surface area contributed by atoms with Crippen LogP contribution in [0.1, 0.15) is 35.4 Å². The first-order chi connectivity index (χ1) is 9.75. The Morgan fingerprint density at radius 2 is 2.00 bits per heavy atom. The SMILES string of the molecule is Cc1cccc(N)c1OCC1CCCc2ccccc21. The third-order valence-electron chi connectivity index (χ3n) is 4.16. The van der Waals surface area contributed by atoms with Crippen LogP contribution in [-0.4, -0.2) is 6.61 Å². The van der Waals surface area contributed by atoms with E-state index in [1.54, 1.807) is 0 Å². The highest BCUT2D eigenvalue weighted by Crippen LogP contribution is 2.33. The van der Waals surface area contributed by atoms with Crippen LogP contribution in [0.3, 0.4) is 0 Å². The Balaban J connectivity index is 1.77. The Morgan fingerprint density at radius 3 is 2.85 bits per heavy atom. The van der Waals surface area contributed by atoms with Crippen molar-refractivity contribution in [3.8, 4) is 5.75 Å². The summed E-state index contributed by atoms with van der Waals surface area (Å²) in [6.45, 7) is 2.76. The third-order valence-corrected chi connectivity index (χ3v) is 4.16. The van der Waals surface area contributed by atoms with Crippen molar-refractivity contribution in [1.82, 2.24) is 0 Å². The number of nitrogen functional groups attached to an aromatic ring is 1. The van der Waals surface area contributed by atoms with E-state index >= 15 is 0 Å². The number of fused-ring (bicyclic) bond motifs is 1. The van der Waals surface area contributed by atoms with Crippen molar-refractivity contribution >= 4 is 5.69 Å². The van der Waals surface area contributed by atoms with E-state index in [1.165, 1.54) is 30.4 Å². The van der Waals surface area contributed by atoms with Gasteiger partial charge in [0.15, 0.2) is 0 Å². The molecule has 0 heterocycles. The molecule has 20 heavy (non-hydrogen) atoms. The number of nitrogens with two attached hydrogens (primary N) is 1. The Hall–Kier alpha value is -1.96. The van der Waals surface area contributed by atoms with E-state index in [1.807, 2.05) is 25.1 Å². The molecular formula is C18H21NO. The van der Waals surface area contributed by atoms with Gasteiger partial charge in [0.05, 0.1) is 12.3 Å². The first-order valence-corrected chi connectivity index (χ1v) is 7.31. The minimum Gasteiger partial charge on any atom is -0.491 e. The molecule has 0 saturated heterocycles. The van der Waals surface area contributed by atoms with Crippen molar-refractivity contribution in [1.29, 1.82) is 0 Å². The van der Waals surface area contributed by atoms with Gasteiger partial charge in [0, 0.05) is 5.92 Å². The quantitative estimate of drug-likeness (QED) is 0.851. The van der Waals surface area contributed by atoms with Gasteiger partial charge in [0.25, 0.3) is 0 Å². The van der Waals surface area contributed by atoms with Gasteiger partial charge in [0.2, 0.25) is 0 Å². The van der Waals surface area contributed by atoms with Crippen LogP contribution >= 0.6 is 0 Å². The molecule has 0 aromatic heterocycles. The molecule has 2 heteroatoms. The minimum absolute atomic E-state index is 0.485. The first kappa shape index (κ1) is 13.0. The average molecular weight is 267 g/mol. The van der Waals surface area contributed by atoms with Crippen molar-refractivity contribution in [2.45, 2.75) is 32.1 Å². The number of aryl methyl sites for hydroxylation is 2. The van der Waals surface area contributed by atoms with Crippen LogP contribution in [0.5, 0.6) is 5.75 Å². The van der Waals surface area contributed by atoms with E-state index in [9.17, 15) is 0 Å². The molecule has 0 bridgehead atoms. The number of ether oxygens (including phenoxy) is 1. The molecular weight excluding hydrogens is 246 g/mol. The van der Waals surface area contributed by atoms with E-state index in [4.69, 9.17) is 10.5 Å². The van der Waals surface area contributed by atoms with E-state index in [-0.39, 0.29) is 0 Å². The summed E-state index contributed by atoms with van der Waals surface area (Å²) in [6, 6.07) is 14.6. The number of anilines is 1. The first-order valence-electron chi connectivity index (χ1n) is 7.31. The number of para-hydroxylation sites is 1. The highest BCUT2D eigenvalue weighted by molar-refractivity contribution is 5.56. The van der Waals surface area contributed by atoms with Gasteiger partial charge < -0.3 is 10.5 Å². The zero-order valence-corrected chi connectivity index (χ0v) is 11.9. The fourth-order valence-corrected chi connectivity index (χ4v) is 3.08. The number of hydrogen-bond donors (Lipinski definition) is 1. The smallest absolute Gasteiger partial charge is 0.145 e. The lowest BCUT2D eigenvalue weighted by Gasteiger charge is -2.26. The summed E-state index contributed by atoms with van der Waals surface area (Å²) < 4.78 is 6.04. The topological polar surface area (TPSA) is 35.2 Å². The highest BCUT2D eigenvalue weighted by atomic mass is 16.5. The van der Waals surface area contributed by atoms with Crippen LogP contribution in [-0.2, 0) is 6.42 Å². The molecule has 1 atom stereocenters. The molecule has 0 aliphatic heterocycles. The predicted octanol–water partition coefficient (Wildman–Crippen LogP) is 4.08. The van der Waals surface area contributed by atoms with Crippen LogP contribution in [0.2, 0.25) is 0 Å². The molecule has 1 unspecified atom stereocenters. The van der Waals surface area contributed by atoms with Gasteiger partial charge in [-0.05, 0) is 48.9 Å². The monoisotopic (exact) mass is 267 g/mol. The van der Waals surface area contributed by atoms with Crippen LogP contribution in [0.4, 0.5) is 5.69 Å². The molecule has 3 rings (SSSR count). The molecule has 1 aliphatic rings. The normalized spacial score (nSPS) is 17.6. The van der Waals surface area contributed by atoms with Crippen molar-refractivity contribution < 1.29 is 4.74 Å². The van der Waals surface area contributed by atoms with Gasteiger partial charge in [-0.1, -0.05) is 36.4 Å². The van der Waals surface area contributed by atoms with E-state index in [2.05, 4.69) is 24.3 Å². The van der Waals surface area contributed by atoms with Crippen molar-refractivity contribution in [2.75, 3.05) is 12.3 Å². The summed E-state index contributed by atoms with van der Waals surface area (Å²) in [5.74, 6) is 1.33. The number of rotatable bonds is 3. The summed E-state index contributed by atoms with van der Waals surface area (Å²) in [7, 11) is 0. The van der Waals surface area contributed by atoms with E-state index in [0.29, 0.717) is 12.5 Å². The largest absolute Gasteiger partial charge is 0.491 e. The Bertz CT molecular complexity index is 586. The molecule has 0 radical (unpaired) electrons. The second-order valence-electron chi connectivity index (χ2n) is 5.59. The van der Waals surface area contributed by atoms with Crippen molar-refractivity contribution in [3.05, 3.63) is 59.2 Å². The predicted molar refractivity (Wildman–Crippen MR) is 83.2 cm³/mol. The number of benzene rings is 2. The maximum atomic E-state index is 6.04. The summed E-state index contributed by atoms with van der Waals surface area (Å²) in [6.07, 6.45) is 3.64. The zero-order valence-electron chi connectivity index (χ0n) is 11.9. The van der Waals surface area contributed by atoms with Gasteiger partial charge >= 0.3 is 0 Å². The maximum Gasteiger partial charge on any atom is 0.145 e. The molecule has 2 aromatic rings. The van der Waals surface area contributed by atoms with Gasteiger partial charge in [-0.15, -0.1) is 0 Å². The van der Waals surface area contributed by atoms with Crippen molar-refractivity contribution in [3.63, 3.8) is 0 Å². The molecule has 104 valence electrons. The van der Waals surface area contributed by atoms with Crippen LogP contribution in [0, 0.1) is 6.92 Å². The lowest BCUT2D eigenvalue weighted by Crippen LogP contribution is -2.17. The number of hydrogen-bond acceptors (Lipinski definition) is 2. The zero-order chi connectivity index (χ0) is 13.9. The fraction of sp³-hybridized carbons (Fsp3) is 0.333. The average Bonchev–Trinajstić information content (AvgIpc) is 2.47. The molecule has 0 amide bonds. The third kappa shape index (κ3) is 2.51. The second-order valence-corrected chi connectivity index (χ2v) is 5.59. The lowest BCUT2D eigenvalue weighted by molar-refractivity contribution is 0.274. The molecule has 2 nitrogen and oxygen atoms in total.